The Balaban J connectivity index is 1.34. The maximum absolute atomic E-state index is 5.93. The molecule has 0 aliphatic carbocycles. The van der Waals surface area contributed by atoms with Crippen LogP contribution in [0.15, 0.2) is 48.5 Å². The van der Waals surface area contributed by atoms with E-state index in [1.165, 1.54) is 30.5 Å². The molecule has 140 valence electrons. The van der Waals surface area contributed by atoms with Crippen LogP contribution in [0.2, 0.25) is 5.02 Å². The van der Waals surface area contributed by atoms with E-state index in [2.05, 4.69) is 51.5 Å². The third-order valence-corrected chi connectivity index (χ3v) is 5.40. The molecule has 6 heteroatoms. The SMILES string of the molecule is Cc1cccc(C2CCCN2CCCn2nnc(-c3ccc(Cl)cc3)n2)c1. The normalized spacial score (nSPS) is 17.5. The third kappa shape index (κ3) is 4.37. The molecule has 0 N–H and O–H groups in total. The molecular weight excluding hydrogens is 358 g/mol. The van der Waals surface area contributed by atoms with Crippen LogP contribution >= 0.6 is 11.6 Å². The minimum Gasteiger partial charge on any atom is -0.296 e. The van der Waals surface area contributed by atoms with Gasteiger partial charge < -0.3 is 0 Å². The molecule has 2 aromatic carbocycles. The number of hydrogen-bond acceptors (Lipinski definition) is 4. The average molecular weight is 382 g/mol. The fourth-order valence-corrected chi connectivity index (χ4v) is 3.94. The number of benzene rings is 2. The van der Waals surface area contributed by atoms with Gasteiger partial charge in [-0.1, -0.05) is 41.4 Å². The van der Waals surface area contributed by atoms with E-state index in [1.807, 2.05) is 24.3 Å². The Hall–Kier alpha value is -2.24. The molecule has 1 aliphatic rings. The number of rotatable bonds is 6. The zero-order valence-electron chi connectivity index (χ0n) is 15.6. The summed E-state index contributed by atoms with van der Waals surface area (Å²) in [6.07, 6.45) is 3.52. The van der Waals surface area contributed by atoms with Crippen molar-refractivity contribution in [1.82, 2.24) is 25.1 Å². The second kappa shape index (κ2) is 8.19. The number of halogens is 1. The first kappa shape index (κ1) is 18.1. The summed E-state index contributed by atoms with van der Waals surface area (Å²) < 4.78 is 0. The summed E-state index contributed by atoms with van der Waals surface area (Å²) >= 11 is 5.93. The number of nitrogens with zero attached hydrogens (tertiary/aromatic N) is 5. The van der Waals surface area contributed by atoms with Gasteiger partial charge >= 0.3 is 0 Å². The molecule has 2 heterocycles. The molecular formula is C21H24ClN5. The highest BCUT2D eigenvalue weighted by atomic mass is 35.5. The first-order valence-electron chi connectivity index (χ1n) is 9.53. The van der Waals surface area contributed by atoms with E-state index < -0.39 is 0 Å². The number of hydrogen-bond donors (Lipinski definition) is 0. The Morgan fingerprint density at radius 2 is 1.96 bits per heavy atom. The van der Waals surface area contributed by atoms with E-state index in [0.717, 1.165) is 25.1 Å². The van der Waals surface area contributed by atoms with Crippen molar-refractivity contribution in [3.63, 3.8) is 0 Å². The van der Waals surface area contributed by atoms with E-state index >= 15 is 0 Å². The van der Waals surface area contributed by atoms with E-state index in [1.54, 1.807) is 4.80 Å². The molecule has 1 unspecified atom stereocenters. The summed E-state index contributed by atoms with van der Waals surface area (Å²) in [6.45, 7) is 5.16. The van der Waals surface area contributed by atoms with Crippen LogP contribution in [-0.4, -0.2) is 38.2 Å². The molecule has 1 fully saturated rings. The number of likely N-dealkylation sites (tertiary alicyclic amines) is 1. The monoisotopic (exact) mass is 381 g/mol. The fourth-order valence-electron chi connectivity index (χ4n) is 3.82. The average Bonchev–Trinajstić information content (AvgIpc) is 3.32. The van der Waals surface area contributed by atoms with Crippen molar-refractivity contribution in [3.8, 4) is 11.4 Å². The van der Waals surface area contributed by atoms with Crippen LogP contribution in [0.25, 0.3) is 11.4 Å². The van der Waals surface area contributed by atoms with Crippen molar-refractivity contribution in [2.24, 2.45) is 0 Å². The molecule has 27 heavy (non-hydrogen) atoms. The molecule has 0 amide bonds. The number of aryl methyl sites for hydroxylation is 2. The van der Waals surface area contributed by atoms with Gasteiger partial charge in [0.2, 0.25) is 5.82 Å². The van der Waals surface area contributed by atoms with Crippen LogP contribution in [0.5, 0.6) is 0 Å². The van der Waals surface area contributed by atoms with Crippen molar-refractivity contribution < 1.29 is 0 Å². The van der Waals surface area contributed by atoms with Gasteiger partial charge in [-0.2, -0.15) is 4.80 Å². The highest BCUT2D eigenvalue weighted by molar-refractivity contribution is 6.30. The number of aromatic nitrogens is 4. The Morgan fingerprint density at radius 3 is 2.78 bits per heavy atom. The maximum Gasteiger partial charge on any atom is 0.204 e. The Morgan fingerprint density at radius 1 is 1.11 bits per heavy atom. The highest BCUT2D eigenvalue weighted by Crippen LogP contribution is 2.32. The van der Waals surface area contributed by atoms with Crippen molar-refractivity contribution in [3.05, 3.63) is 64.7 Å². The minimum atomic E-state index is 0.540. The van der Waals surface area contributed by atoms with E-state index in [9.17, 15) is 0 Å². The van der Waals surface area contributed by atoms with Gasteiger partial charge in [-0.25, -0.2) is 0 Å². The molecule has 1 saturated heterocycles. The van der Waals surface area contributed by atoms with Crippen LogP contribution in [0.1, 0.15) is 36.4 Å². The lowest BCUT2D eigenvalue weighted by molar-refractivity contribution is 0.245. The molecule has 1 aliphatic heterocycles. The van der Waals surface area contributed by atoms with Gasteiger partial charge in [0.1, 0.15) is 0 Å². The number of tetrazole rings is 1. The zero-order valence-corrected chi connectivity index (χ0v) is 16.3. The third-order valence-electron chi connectivity index (χ3n) is 5.15. The van der Waals surface area contributed by atoms with Crippen molar-refractivity contribution in [2.45, 2.75) is 38.8 Å². The Bertz CT molecular complexity index is 890. The summed E-state index contributed by atoms with van der Waals surface area (Å²) in [5, 5.41) is 13.6. The molecule has 0 saturated carbocycles. The van der Waals surface area contributed by atoms with Gasteiger partial charge in [0.05, 0.1) is 6.54 Å². The molecule has 0 spiro atoms. The molecule has 1 aromatic heterocycles. The van der Waals surface area contributed by atoms with Gasteiger partial charge in [-0.05, 0) is 67.8 Å². The smallest absolute Gasteiger partial charge is 0.204 e. The zero-order chi connectivity index (χ0) is 18.6. The van der Waals surface area contributed by atoms with Gasteiger partial charge in [-0.3, -0.25) is 4.90 Å². The van der Waals surface area contributed by atoms with E-state index in [4.69, 9.17) is 11.6 Å². The quantitative estimate of drug-likeness (QED) is 0.629. The van der Waals surface area contributed by atoms with Crippen LogP contribution in [0, 0.1) is 6.92 Å². The van der Waals surface area contributed by atoms with Crippen LogP contribution in [0.4, 0.5) is 0 Å². The second-order valence-electron chi connectivity index (χ2n) is 7.18. The topological polar surface area (TPSA) is 46.8 Å². The molecule has 0 radical (unpaired) electrons. The summed E-state index contributed by atoms with van der Waals surface area (Å²) in [5.41, 5.74) is 3.71. The largest absolute Gasteiger partial charge is 0.296 e. The molecule has 1 atom stereocenters. The summed E-state index contributed by atoms with van der Waals surface area (Å²) in [7, 11) is 0. The summed E-state index contributed by atoms with van der Waals surface area (Å²) in [5.74, 6) is 0.644. The lowest BCUT2D eigenvalue weighted by atomic mass is 10.0. The summed E-state index contributed by atoms with van der Waals surface area (Å²) in [6, 6.07) is 17.0. The van der Waals surface area contributed by atoms with E-state index in [0.29, 0.717) is 16.9 Å². The molecule has 3 aromatic rings. The molecule has 5 nitrogen and oxygen atoms in total. The Kier molecular flexibility index (Phi) is 5.50. The predicted octanol–water partition coefficient (Wildman–Crippen LogP) is 4.53. The van der Waals surface area contributed by atoms with Crippen LogP contribution < -0.4 is 0 Å². The van der Waals surface area contributed by atoms with Crippen molar-refractivity contribution in [2.75, 3.05) is 13.1 Å². The van der Waals surface area contributed by atoms with Crippen molar-refractivity contribution in [1.29, 1.82) is 0 Å². The fraction of sp³-hybridized carbons (Fsp3) is 0.381. The first-order valence-corrected chi connectivity index (χ1v) is 9.91. The van der Waals surface area contributed by atoms with Gasteiger partial charge in [0.15, 0.2) is 0 Å². The van der Waals surface area contributed by atoms with Crippen LogP contribution in [-0.2, 0) is 6.54 Å². The minimum absolute atomic E-state index is 0.540. The first-order chi connectivity index (χ1) is 13.2. The van der Waals surface area contributed by atoms with Crippen molar-refractivity contribution >= 4 is 11.6 Å². The summed E-state index contributed by atoms with van der Waals surface area (Å²) in [4.78, 5) is 4.29. The van der Waals surface area contributed by atoms with Gasteiger partial charge in [-0.15, -0.1) is 10.2 Å². The highest BCUT2D eigenvalue weighted by Gasteiger charge is 2.25. The van der Waals surface area contributed by atoms with Gasteiger partial charge in [0.25, 0.3) is 0 Å². The van der Waals surface area contributed by atoms with Gasteiger partial charge in [0, 0.05) is 23.2 Å². The van der Waals surface area contributed by atoms with Crippen LogP contribution in [0.3, 0.4) is 0 Å². The van der Waals surface area contributed by atoms with E-state index in [-0.39, 0.29) is 0 Å². The second-order valence-corrected chi connectivity index (χ2v) is 7.61. The predicted molar refractivity (Wildman–Crippen MR) is 108 cm³/mol. The lowest BCUT2D eigenvalue weighted by Crippen LogP contribution is -2.25. The lowest BCUT2D eigenvalue weighted by Gasteiger charge is -2.25. The maximum atomic E-state index is 5.93. The Labute approximate surface area is 165 Å². The standard InChI is InChI=1S/C21H24ClN5/c1-16-5-2-6-18(15-16)20-7-3-12-26(20)13-4-14-27-24-21(23-25-27)17-8-10-19(22)11-9-17/h2,5-6,8-11,15,20H,3-4,7,12-14H2,1H3. The molecule has 4 rings (SSSR count). The molecule has 0 bridgehead atoms.